The first-order chi connectivity index (χ1) is 15.3. The lowest BCUT2D eigenvalue weighted by Crippen LogP contribution is -2.42. The van der Waals surface area contributed by atoms with Crippen LogP contribution in [0.5, 0.6) is 0 Å². The predicted octanol–water partition coefficient (Wildman–Crippen LogP) is 5.20. The summed E-state index contributed by atoms with van der Waals surface area (Å²) in [6.45, 7) is 3.07. The minimum Gasteiger partial charge on any atom is -0.441 e. The fraction of sp³-hybridized carbons (Fsp3) is 0.333. The van der Waals surface area contributed by atoms with E-state index in [2.05, 4.69) is 4.98 Å². The summed E-state index contributed by atoms with van der Waals surface area (Å²) in [5.41, 5.74) is 1.99. The van der Waals surface area contributed by atoms with E-state index in [0.717, 1.165) is 23.3 Å². The highest BCUT2D eigenvalue weighted by atomic mass is 19.4. The topological polar surface area (TPSA) is 55.6 Å². The molecular formula is C24H23F3N2O3. The number of benzene rings is 2. The van der Waals surface area contributed by atoms with Crippen LogP contribution in [0.4, 0.5) is 13.2 Å². The van der Waals surface area contributed by atoms with E-state index in [1.54, 1.807) is 11.1 Å². The molecule has 0 N–H and O–H groups in total. The van der Waals surface area contributed by atoms with Crippen LogP contribution >= 0.6 is 0 Å². The fourth-order valence-corrected chi connectivity index (χ4v) is 3.61. The number of carbonyl (C=O) groups excluding carboxylic acids is 1. The summed E-state index contributed by atoms with van der Waals surface area (Å²) < 4.78 is 49.8. The maximum Gasteiger partial charge on any atom is 0.416 e. The van der Waals surface area contributed by atoms with E-state index in [4.69, 9.17) is 9.15 Å². The lowest BCUT2D eigenvalue weighted by Gasteiger charge is -2.33. The summed E-state index contributed by atoms with van der Waals surface area (Å²) in [6.07, 6.45) is -2.59. The monoisotopic (exact) mass is 444 g/mol. The number of nitrogens with zero attached hydrogens (tertiary/aromatic N) is 2. The van der Waals surface area contributed by atoms with Crippen molar-refractivity contribution in [1.29, 1.82) is 0 Å². The molecule has 1 amide bonds. The van der Waals surface area contributed by atoms with Gasteiger partial charge in [-0.1, -0.05) is 42.0 Å². The molecule has 0 radical (unpaired) electrons. The molecule has 0 bridgehead atoms. The van der Waals surface area contributed by atoms with Gasteiger partial charge in [0.15, 0.2) is 11.7 Å². The zero-order chi connectivity index (χ0) is 22.7. The molecule has 1 saturated heterocycles. The largest absolute Gasteiger partial charge is 0.441 e. The number of aromatic nitrogens is 1. The molecule has 0 aliphatic carbocycles. The Hall–Kier alpha value is -3.13. The minimum atomic E-state index is -4.38. The zero-order valence-corrected chi connectivity index (χ0v) is 17.6. The quantitative estimate of drug-likeness (QED) is 0.543. The number of hydrogen-bond acceptors (Lipinski definition) is 4. The summed E-state index contributed by atoms with van der Waals surface area (Å²) in [5, 5.41) is 0. The van der Waals surface area contributed by atoms with Gasteiger partial charge in [0.25, 0.3) is 0 Å². The van der Waals surface area contributed by atoms with Gasteiger partial charge in [-0.2, -0.15) is 13.2 Å². The molecule has 0 saturated carbocycles. The van der Waals surface area contributed by atoms with Crippen LogP contribution in [0.1, 0.15) is 35.1 Å². The van der Waals surface area contributed by atoms with E-state index in [9.17, 15) is 18.0 Å². The van der Waals surface area contributed by atoms with Gasteiger partial charge < -0.3 is 14.1 Å². The van der Waals surface area contributed by atoms with Crippen LogP contribution in [0.3, 0.4) is 0 Å². The van der Waals surface area contributed by atoms with Crippen LogP contribution in [-0.2, 0) is 22.1 Å². The maximum absolute atomic E-state index is 12.8. The number of carbonyl (C=O) groups is 1. The van der Waals surface area contributed by atoms with Gasteiger partial charge in [0, 0.05) is 24.9 Å². The molecule has 2 aromatic carbocycles. The number of morpholine rings is 1. The Morgan fingerprint density at radius 1 is 1.12 bits per heavy atom. The Bertz CT molecular complexity index is 1060. The van der Waals surface area contributed by atoms with Crippen LogP contribution in [-0.4, -0.2) is 35.5 Å². The van der Waals surface area contributed by atoms with Crippen molar-refractivity contribution in [2.75, 3.05) is 19.7 Å². The molecule has 1 aliphatic rings. The van der Waals surface area contributed by atoms with Gasteiger partial charge in [-0.05, 0) is 24.6 Å². The first-order valence-corrected chi connectivity index (χ1v) is 10.4. The standard InChI is InChI=1S/C24H23F3N2O3/c1-16-2-4-17(5-3-16)20-14-28-22(32-20)10-11-23(30)29-12-13-31-21(15-29)18-6-8-19(9-7-18)24(25,26)27/h2-9,14,21H,10-13,15H2,1H3/t21-/m0/s1. The molecule has 3 aromatic rings. The van der Waals surface area contributed by atoms with Gasteiger partial charge in [-0.15, -0.1) is 0 Å². The van der Waals surface area contributed by atoms with E-state index >= 15 is 0 Å². The molecule has 8 heteroatoms. The summed E-state index contributed by atoms with van der Waals surface area (Å²) in [5.74, 6) is 1.07. The molecule has 168 valence electrons. The zero-order valence-electron chi connectivity index (χ0n) is 17.6. The fourth-order valence-electron chi connectivity index (χ4n) is 3.61. The molecule has 2 heterocycles. The number of oxazole rings is 1. The van der Waals surface area contributed by atoms with Crippen molar-refractivity contribution >= 4 is 5.91 Å². The second-order valence-corrected chi connectivity index (χ2v) is 7.80. The molecule has 1 fully saturated rings. The van der Waals surface area contributed by atoms with Crippen molar-refractivity contribution < 1.29 is 27.1 Å². The maximum atomic E-state index is 12.8. The third-order valence-corrected chi connectivity index (χ3v) is 5.47. The van der Waals surface area contributed by atoms with Gasteiger partial charge in [-0.3, -0.25) is 4.79 Å². The van der Waals surface area contributed by atoms with Gasteiger partial charge in [0.05, 0.1) is 24.9 Å². The van der Waals surface area contributed by atoms with E-state index in [1.807, 2.05) is 31.2 Å². The second-order valence-electron chi connectivity index (χ2n) is 7.80. The Balaban J connectivity index is 1.33. The van der Waals surface area contributed by atoms with Crippen LogP contribution in [0.15, 0.2) is 59.1 Å². The van der Waals surface area contributed by atoms with E-state index in [-0.39, 0.29) is 12.3 Å². The average molecular weight is 444 g/mol. The highest BCUT2D eigenvalue weighted by molar-refractivity contribution is 5.76. The van der Waals surface area contributed by atoms with Crippen LogP contribution < -0.4 is 0 Å². The lowest BCUT2D eigenvalue weighted by molar-refractivity contribution is -0.139. The molecular weight excluding hydrogens is 421 g/mol. The smallest absolute Gasteiger partial charge is 0.416 e. The Labute approximate surface area is 183 Å². The van der Waals surface area contributed by atoms with Crippen LogP contribution in [0.25, 0.3) is 11.3 Å². The Morgan fingerprint density at radius 3 is 2.53 bits per heavy atom. The minimum absolute atomic E-state index is 0.0692. The van der Waals surface area contributed by atoms with Crippen molar-refractivity contribution in [3.63, 3.8) is 0 Å². The van der Waals surface area contributed by atoms with E-state index < -0.39 is 17.8 Å². The third kappa shape index (κ3) is 5.19. The molecule has 32 heavy (non-hydrogen) atoms. The van der Waals surface area contributed by atoms with Gasteiger partial charge >= 0.3 is 6.18 Å². The third-order valence-electron chi connectivity index (χ3n) is 5.47. The highest BCUT2D eigenvalue weighted by Crippen LogP contribution is 2.31. The van der Waals surface area contributed by atoms with Gasteiger partial charge in [-0.25, -0.2) is 4.98 Å². The number of aryl methyl sites for hydroxylation is 2. The van der Waals surface area contributed by atoms with Crippen molar-refractivity contribution in [3.05, 3.63) is 77.3 Å². The molecule has 5 nitrogen and oxygen atoms in total. The number of alkyl halides is 3. The number of ether oxygens (including phenoxy) is 1. The number of amides is 1. The van der Waals surface area contributed by atoms with E-state index in [0.29, 0.717) is 43.3 Å². The molecule has 1 aromatic heterocycles. The Morgan fingerprint density at radius 2 is 1.84 bits per heavy atom. The normalized spacial score (nSPS) is 16.9. The second kappa shape index (κ2) is 9.16. The van der Waals surface area contributed by atoms with Gasteiger partial charge in [0.2, 0.25) is 5.91 Å². The Kier molecular flexibility index (Phi) is 6.32. The van der Waals surface area contributed by atoms with Crippen LogP contribution in [0, 0.1) is 6.92 Å². The van der Waals surface area contributed by atoms with Crippen molar-refractivity contribution in [1.82, 2.24) is 9.88 Å². The molecule has 0 spiro atoms. The van der Waals surface area contributed by atoms with Crippen molar-refractivity contribution in [3.8, 4) is 11.3 Å². The predicted molar refractivity (Wildman–Crippen MR) is 112 cm³/mol. The molecule has 0 unspecified atom stereocenters. The molecule has 1 atom stereocenters. The number of hydrogen-bond donors (Lipinski definition) is 0. The first kappa shape index (κ1) is 22.1. The summed E-state index contributed by atoms with van der Waals surface area (Å²) in [6, 6.07) is 12.8. The number of rotatable bonds is 5. The first-order valence-electron chi connectivity index (χ1n) is 10.4. The van der Waals surface area contributed by atoms with E-state index in [1.165, 1.54) is 12.1 Å². The molecule has 1 aliphatic heterocycles. The molecule has 4 rings (SSSR count). The van der Waals surface area contributed by atoms with Crippen molar-refractivity contribution in [2.24, 2.45) is 0 Å². The van der Waals surface area contributed by atoms with Gasteiger partial charge in [0.1, 0.15) is 6.10 Å². The highest BCUT2D eigenvalue weighted by Gasteiger charge is 2.31. The lowest BCUT2D eigenvalue weighted by atomic mass is 10.0. The SMILES string of the molecule is Cc1ccc(-c2cnc(CCC(=O)N3CCO[C@H](c4ccc(C(F)(F)F)cc4)C3)o2)cc1. The summed E-state index contributed by atoms with van der Waals surface area (Å²) in [7, 11) is 0. The summed E-state index contributed by atoms with van der Waals surface area (Å²) in [4.78, 5) is 18.6. The van der Waals surface area contributed by atoms with Crippen molar-refractivity contribution in [2.45, 2.75) is 32.0 Å². The summed E-state index contributed by atoms with van der Waals surface area (Å²) >= 11 is 0. The average Bonchev–Trinajstić information content (AvgIpc) is 3.26. The van der Waals surface area contributed by atoms with Crippen LogP contribution in [0.2, 0.25) is 0 Å². The number of halogens is 3.